The Kier molecular flexibility index (Phi) is 5.66. The molecule has 3 N–H and O–H groups in total. The standard InChI is InChI=1S/C16H21FN4O/c1-2-15-14(16(22)19-10-4-3-9-18)11-20-21(15)13-7-5-12(17)6-8-13/h5-8,11H,2-4,9-10,18H2,1H3,(H,19,22). The molecule has 0 bridgehead atoms. The summed E-state index contributed by atoms with van der Waals surface area (Å²) in [6.45, 7) is 3.18. The molecule has 0 unspecified atom stereocenters. The van der Waals surface area contributed by atoms with E-state index in [1.165, 1.54) is 12.1 Å². The Morgan fingerprint density at radius 1 is 1.32 bits per heavy atom. The summed E-state index contributed by atoms with van der Waals surface area (Å²) in [4.78, 5) is 12.2. The fourth-order valence-corrected chi connectivity index (χ4v) is 2.27. The van der Waals surface area contributed by atoms with Gasteiger partial charge in [0.1, 0.15) is 5.82 Å². The maximum atomic E-state index is 13.0. The lowest BCUT2D eigenvalue weighted by molar-refractivity contribution is 0.0952. The van der Waals surface area contributed by atoms with E-state index in [1.54, 1.807) is 23.0 Å². The van der Waals surface area contributed by atoms with Gasteiger partial charge in [0.2, 0.25) is 0 Å². The number of unbranched alkanes of at least 4 members (excludes halogenated alkanes) is 1. The molecule has 0 radical (unpaired) electrons. The third-order valence-corrected chi connectivity index (χ3v) is 3.44. The van der Waals surface area contributed by atoms with Crippen LogP contribution >= 0.6 is 0 Å². The second kappa shape index (κ2) is 7.70. The first kappa shape index (κ1) is 16.2. The Bertz CT molecular complexity index is 622. The molecule has 0 fully saturated rings. The van der Waals surface area contributed by atoms with Crippen molar-refractivity contribution >= 4 is 5.91 Å². The van der Waals surface area contributed by atoms with Gasteiger partial charge < -0.3 is 11.1 Å². The van der Waals surface area contributed by atoms with Gasteiger partial charge in [0.25, 0.3) is 5.91 Å². The number of nitrogens with one attached hydrogen (secondary N) is 1. The highest BCUT2D eigenvalue weighted by atomic mass is 19.1. The molecular weight excluding hydrogens is 283 g/mol. The minimum Gasteiger partial charge on any atom is -0.352 e. The molecule has 2 aromatic rings. The number of amides is 1. The minimum atomic E-state index is -0.299. The lowest BCUT2D eigenvalue weighted by atomic mass is 10.2. The van der Waals surface area contributed by atoms with Crippen LogP contribution in [0.25, 0.3) is 5.69 Å². The summed E-state index contributed by atoms with van der Waals surface area (Å²) >= 11 is 0. The molecule has 0 saturated heterocycles. The van der Waals surface area contributed by atoms with Crippen molar-refractivity contribution in [1.29, 1.82) is 0 Å². The Labute approximate surface area is 129 Å². The quantitative estimate of drug-likeness (QED) is 0.769. The van der Waals surface area contributed by atoms with E-state index in [9.17, 15) is 9.18 Å². The van der Waals surface area contributed by atoms with Gasteiger partial charge in [0.15, 0.2) is 0 Å². The van der Waals surface area contributed by atoms with Crippen LogP contribution in [-0.2, 0) is 6.42 Å². The van der Waals surface area contributed by atoms with Crippen molar-refractivity contribution in [2.75, 3.05) is 13.1 Å². The first-order chi connectivity index (χ1) is 10.7. The van der Waals surface area contributed by atoms with Crippen LogP contribution in [0.4, 0.5) is 4.39 Å². The molecule has 0 atom stereocenters. The van der Waals surface area contributed by atoms with Crippen molar-refractivity contribution in [1.82, 2.24) is 15.1 Å². The number of benzene rings is 1. The molecule has 0 spiro atoms. The number of rotatable bonds is 7. The van der Waals surface area contributed by atoms with Crippen LogP contribution in [0.1, 0.15) is 35.8 Å². The van der Waals surface area contributed by atoms with Crippen molar-refractivity contribution in [2.45, 2.75) is 26.2 Å². The molecule has 0 saturated carbocycles. The maximum absolute atomic E-state index is 13.0. The third kappa shape index (κ3) is 3.71. The van der Waals surface area contributed by atoms with Gasteiger partial charge in [-0.3, -0.25) is 4.79 Å². The highest BCUT2D eigenvalue weighted by Gasteiger charge is 2.16. The van der Waals surface area contributed by atoms with Crippen LogP contribution in [0, 0.1) is 5.82 Å². The number of carbonyl (C=O) groups excluding carboxylic acids is 1. The van der Waals surface area contributed by atoms with Crippen molar-refractivity contribution < 1.29 is 9.18 Å². The zero-order chi connectivity index (χ0) is 15.9. The van der Waals surface area contributed by atoms with Crippen LogP contribution in [0.2, 0.25) is 0 Å². The molecule has 0 aliphatic rings. The highest BCUT2D eigenvalue weighted by molar-refractivity contribution is 5.95. The fourth-order valence-electron chi connectivity index (χ4n) is 2.27. The first-order valence-corrected chi connectivity index (χ1v) is 7.48. The summed E-state index contributed by atoms with van der Waals surface area (Å²) in [5, 5.41) is 7.14. The summed E-state index contributed by atoms with van der Waals surface area (Å²) in [6.07, 6.45) is 3.95. The normalized spacial score (nSPS) is 10.7. The van der Waals surface area contributed by atoms with Gasteiger partial charge in [-0.15, -0.1) is 0 Å². The average Bonchev–Trinajstić information content (AvgIpc) is 2.96. The number of halogens is 1. The second-order valence-corrected chi connectivity index (χ2v) is 5.00. The molecule has 22 heavy (non-hydrogen) atoms. The van der Waals surface area contributed by atoms with E-state index in [0.717, 1.165) is 24.2 Å². The third-order valence-electron chi connectivity index (χ3n) is 3.44. The number of nitrogens with zero attached hydrogens (tertiary/aromatic N) is 2. The number of hydrogen-bond acceptors (Lipinski definition) is 3. The van der Waals surface area contributed by atoms with Gasteiger partial charge in [0.05, 0.1) is 23.1 Å². The van der Waals surface area contributed by atoms with Crippen LogP contribution in [0.3, 0.4) is 0 Å². The maximum Gasteiger partial charge on any atom is 0.254 e. The Morgan fingerprint density at radius 2 is 2.05 bits per heavy atom. The van der Waals surface area contributed by atoms with Crippen LogP contribution in [0.5, 0.6) is 0 Å². The van der Waals surface area contributed by atoms with E-state index in [-0.39, 0.29) is 11.7 Å². The predicted octanol–water partition coefficient (Wildman–Crippen LogP) is 2.04. The number of carbonyl (C=O) groups is 1. The van der Waals surface area contributed by atoms with Gasteiger partial charge >= 0.3 is 0 Å². The topological polar surface area (TPSA) is 72.9 Å². The molecular formula is C16H21FN4O. The fraction of sp³-hybridized carbons (Fsp3) is 0.375. The van der Waals surface area contributed by atoms with E-state index in [0.29, 0.717) is 25.1 Å². The monoisotopic (exact) mass is 304 g/mol. The molecule has 2 rings (SSSR count). The molecule has 0 aliphatic heterocycles. The van der Waals surface area contributed by atoms with Crippen molar-refractivity contribution in [3.05, 3.63) is 47.5 Å². The van der Waals surface area contributed by atoms with Gasteiger partial charge in [-0.25, -0.2) is 9.07 Å². The van der Waals surface area contributed by atoms with Crippen molar-refractivity contribution in [3.8, 4) is 5.69 Å². The summed E-state index contributed by atoms with van der Waals surface area (Å²) in [6, 6.07) is 6.04. The first-order valence-electron chi connectivity index (χ1n) is 7.48. The zero-order valence-electron chi connectivity index (χ0n) is 12.7. The predicted molar refractivity (Wildman–Crippen MR) is 83.5 cm³/mol. The molecule has 1 heterocycles. The summed E-state index contributed by atoms with van der Waals surface area (Å²) in [5.74, 6) is -0.436. The second-order valence-electron chi connectivity index (χ2n) is 5.00. The number of aromatic nitrogens is 2. The molecule has 1 amide bonds. The van der Waals surface area contributed by atoms with Crippen molar-refractivity contribution in [3.63, 3.8) is 0 Å². The number of hydrogen-bond donors (Lipinski definition) is 2. The average molecular weight is 304 g/mol. The van der Waals surface area contributed by atoms with E-state index >= 15 is 0 Å². The summed E-state index contributed by atoms with van der Waals surface area (Å²) in [7, 11) is 0. The molecule has 5 nitrogen and oxygen atoms in total. The van der Waals surface area contributed by atoms with Crippen molar-refractivity contribution in [2.24, 2.45) is 5.73 Å². The van der Waals surface area contributed by atoms with Gasteiger partial charge in [-0.2, -0.15) is 5.10 Å². The minimum absolute atomic E-state index is 0.137. The molecule has 6 heteroatoms. The lowest BCUT2D eigenvalue weighted by Crippen LogP contribution is -2.25. The summed E-state index contributed by atoms with van der Waals surface area (Å²) < 4.78 is 14.7. The Balaban J connectivity index is 2.16. The van der Waals surface area contributed by atoms with Gasteiger partial charge in [0, 0.05) is 6.54 Å². The summed E-state index contributed by atoms with van der Waals surface area (Å²) in [5.41, 5.74) is 7.53. The van der Waals surface area contributed by atoms with E-state index in [2.05, 4.69) is 10.4 Å². The van der Waals surface area contributed by atoms with E-state index < -0.39 is 0 Å². The van der Waals surface area contributed by atoms with Crippen LogP contribution in [-0.4, -0.2) is 28.8 Å². The smallest absolute Gasteiger partial charge is 0.254 e. The Hall–Kier alpha value is -2.21. The molecule has 118 valence electrons. The number of nitrogens with two attached hydrogens (primary N) is 1. The highest BCUT2D eigenvalue weighted by Crippen LogP contribution is 2.16. The molecule has 1 aromatic heterocycles. The largest absolute Gasteiger partial charge is 0.352 e. The van der Waals surface area contributed by atoms with Gasteiger partial charge in [-0.05, 0) is 50.1 Å². The SMILES string of the molecule is CCc1c(C(=O)NCCCCN)cnn1-c1ccc(F)cc1. The molecule has 1 aromatic carbocycles. The van der Waals surface area contributed by atoms with E-state index in [4.69, 9.17) is 5.73 Å². The van der Waals surface area contributed by atoms with Crippen LogP contribution in [0.15, 0.2) is 30.5 Å². The molecule has 0 aliphatic carbocycles. The van der Waals surface area contributed by atoms with Crippen LogP contribution < -0.4 is 11.1 Å². The lowest BCUT2D eigenvalue weighted by Gasteiger charge is -2.08. The van der Waals surface area contributed by atoms with E-state index in [1.807, 2.05) is 6.92 Å². The van der Waals surface area contributed by atoms with Gasteiger partial charge in [-0.1, -0.05) is 6.92 Å². The Morgan fingerprint density at radius 3 is 2.68 bits per heavy atom. The zero-order valence-corrected chi connectivity index (χ0v) is 12.7.